The van der Waals surface area contributed by atoms with E-state index >= 15 is 0 Å². The maximum absolute atomic E-state index is 12.2. The lowest BCUT2D eigenvalue weighted by Gasteiger charge is -2.06. The largest absolute Gasteiger partial charge is 0.480 e. The van der Waals surface area contributed by atoms with Crippen LogP contribution in [-0.2, 0) is 9.59 Å². The second-order valence-corrected chi connectivity index (χ2v) is 1.99. The lowest BCUT2D eigenvalue weighted by molar-refractivity contribution is -0.144. The summed E-state index contributed by atoms with van der Waals surface area (Å²) in [4.78, 5) is 19.8. The molecule has 64 valence electrons. The molecule has 4 N–H and O–H groups in total. The van der Waals surface area contributed by atoms with Crippen LogP contribution in [0.4, 0.5) is 4.39 Å². The normalized spacial score (nSPS) is 15.5. The summed E-state index contributed by atoms with van der Waals surface area (Å²) in [6.07, 6.45) is -2.91. The summed E-state index contributed by atoms with van der Waals surface area (Å²) < 4.78 is 12.2. The third-order valence-electron chi connectivity index (χ3n) is 1.05. The molecule has 0 radical (unpaired) electrons. The number of aliphatic carboxylic acids is 2. The Kier molecular flexibility index (Phi) is 3.46. The molecule has 0 aromatic carbocycles. The van der Waals surface area contributed by atoms with Crippen molar-refractivity contribution in [2.24, 2.45) is 5.73 Å². The van der Waals surface area contributed by atoms with Gasteiger partial charge in [0.25, 0.3) is 0 Å². The predicted octanol–water partition coefficient (Wildman–Crippen LogP) is -0.789. The summed E-state index contributed by atoms with van der Waals surface area (Å²) in [5.41, 5.74) is 4.85. The molecule has 0 aliphatic heterocycles. The van der Waals surface area contributed by atoms with Crippen LogP contribution in [0, 0.1) is 0 Å². The van der Waals surface area contributed by atoms with Crippen LogP contribution >= 0.6 is 0 Å². The van der Waals surface area contributed by atoms with Gasteiger partial charge in [0.2, 0.25) is 0 Å². The number of halogens is 1. The molecule has 0 spiro atoms. The SMILES string of the molecule is N[C@@H](C[C@@H](F)C(=O)O)C(=O)O. The summed E-state index contributed by atoms with van der Waals surface area (Å²) in [6, 6.07) is -1.46. The number of nitrogens with two attached hydrogens (primary N) is 1. The molecule has 0 rings (SSSR count). The lowest BCUT2D eigenvalue weighted by Crippen LogP contribution is -2.35. The van der Waals surface area contributed by atoms with Crippen LogP contribution in [0.1, 0.15) is 6.42 Å². The molecule has 0 aromatic heterocycles. The van der Waals surface area contributed by atoms with Gasteiger partial charge in [0, 0.05) is 6.42 Å². The number of hydrogen-bond acceptors (Lipinski definition) is 3. The third kappa shape index (κ3) is 3.51. The van der Waals surface area contributed by atoms with Gasteiger partial charge in [0.05, 0.1) is 0 Å². The van der Waals surface area contributed by atoms with Gasteiger partial charge >= 0.3 is 11.9 Å². The van der Waals surface area contributed by atoms with Gasteiger partial charge in [0.1, 0.15) is 6.04 Å². The van der Waals surface area contributed by atoms with Gasteiger partial charge in [-0.05, 0) is 0 Å². The van der Waals surface area contributed by atoms with E-state index in [1.807, 2.05) is 0 Å². The molecule has 5 nitrogen and oxygen atoms in total. The molecular weight excluding hydrogens is 157 g/mol. The average molecular weight is 165 g/mol. The highest BCUT2D eigenvalue weighted by atomic mass is 19.1. The van der Waals surface area contributed by atoms with Gasteiger partial charge in [-0.2, -0.15) is 0 Å². The smallest absolute Gasteiger partial charge is 0.338 e. The van der Waals surface area contributed by atoms with Crippen molar-refractivity contribution >= 4 is 11.9 Å². The van der Waals surface area contributed by atoms with E-state index in [2.05, 4.69) is 0 Å². The molecule has 6 heteroatoms. The Bertz CT molecular complexity index is 154. The summed E-state index contributed by atoms with van der Waals surface area (Å²) >= 11 is 0. The Morgan fingerprint density at radius 3 is 2.09 bits per heavy atom. The van der Waals surface area contributed by atoms with Crippen molar-refractivity contribution in [2.45, 2.75) is 18.6 Å². The molecular formula is C5H8FNO4. The second kappa shape index (κ2) is 3.87. The van der Waals surface area contributed by atoms with Crippen molar-refractivity contribution in [1.82, 2.24) is 0 Å². The van der Waals surface area contributed by atoms with E-state index in [0.717, 1.165) is 0 Å². The van der Waals surface area contributed by atoms with Crippen LogP contribution < -0.4 is 5.73 Å². The molecule has 0 fully saturated rings. The van der Waals surface area contributed by atoms with E-state index in [4.69, 9.17) is 15.9 Å². The molecule has 0 aromatic rings. The van der Waals surface area contributed by atoms with Crippen molar-refractivity contribution in [1.29, 1.82) is 0 Å². The molecule has 0 saturated carbocycles. The third-order valence-corrected chi connectivity index (χ3v) is 1.05. The minimum Gasteiger partial charge on any atom is -0.480 e. The first kappa shape index (κ1) is 9.83. The minimum absolute atomic E-state index is 0.704. The number of carboxylic acid groups (broad SMARTS) is 2. The van der Waals surface area contributed by atoms with E-state index in [1.54, 1.807) is 0 Å². The van der Waals surface area contributed by atoms with Gasteiger partial charge < -0.3 is 15.9 Å². The second-order valence-electron chi connectivity index (χ2n) is 1.99. The number of carbonyl (C=O) groups is 2. The summed E-state index contributed by atoms with van der Waals surface area (Å²) in [5, 5.41) is 16.1. The quantitative estimate of drug-likeness (QED) is 0.506. The van der Waals surface area contributed by atoms with Crippen molar-refractivity contribution in [3.8, 4) is 0 Å². The van der Waals surface area contributed by atoms with E-state index in [0.29, 0.717) is 0 Å². The summed E-state index contributed by atoms with van der Waals surface area (Å²) in [7, 11) is 0. The highest BCUT2D eigenvalue weighted by Gasteiger charge is 2.23. The zero-order valence-electron chi connectivity index (χ0n) is 5.53. The van der Waals surface area contributed by atoms with Crippen LogP contribution in [-0.4, -0.2) is 34.4 Å². The molecule has 0 aliphatic rings. The molecule has 0 heterocycles. The first-order chi connectivity index (χ1) is 4.95. The molecule has 11 heavy (non-hydrogen) atoms. The Labute approximate surface area is 61.6 Å². The van der Waals surface area contributed by atoms with Gasteiger partial charge in [-0.25, -0.2) is 9.18 Å². The zero-order valence-corrected chi connectivity index (χ0v) is 5.53. The van der Waals surface area contributed by atoms with E-state index in [9.17, 15) is 14.0 Å². The van der Waals surface area contributed by atoms with Crippen LogP contribution in [0.2, 0.25) is 0 Å². The topological polar surface area (TPSA) is 101 Å². The van der Waals surface area contributed by atoms with Crippen molar-refractivity contribution in [2.75, 3.05) is 0 Å². The molecule has 2 atom stereocenters. The van der Waals surface area contributed by atoms with E-state index in [-0.39, 0.29) is 0 Å². The number of alkyl halides is 1. The van der Waals surface area contributed by atoms with Gasteiger partial charge in [-0.15, -0.1) is 0 Å². The van der Waals surface area contributed by atoms with Crippen LogP contribution in [0.25, 0.3) is 0 Å². The number of rotatable bonds is 4. The highest BCUT2D eigenvalue weighted by Crippen LogP contribution is 2.00. The Morgan fingerprint density at radius 1 is 1.36 bits per heavy atom. The maximum atomic E-state index is 12.2. The van der Waals surface area contributed by atoms with Gasteiger partial charge in [-0.1, -0.05) is 0 Å². The lowest BCUT2D eigenvalue weighted by atomic mass is 10.1. The van der Waals surface area contributed by atoms with Crippen molar-refractivity contribution in [3.63, 3.8) is 0 Å². The summed E-state index contributed by atoms with van der Waals surface area (Å²) in [6.45, 7) is 0. The fourth-order valence-corrected chi connectivity index (χ4v) is 0.425. The standard InChI is InChI=1S/C5H8FNO4/c6-2(4(8)9)1-3(7)5(10)11/h2-3H,1,7H2,(H,8,9)(H,10,11)/t2-,3+/m1/s1. The number of carboxylic acids is 2. The van der Waals surface area contributed by atoms with Crippen LogP contribution in [0.15, 0.2) is 0 Å². The molecule has 0 bridgehead atoms. The van der Waals surface area contributed by atoms with Crippen molar-refractivity contribution < 1.29 is 24.2 Å². The average Bonchev–Trinajstić information content (AvgIpc) is 1.87. The molecule has 0 aliphatic carbocycles. The molecule has 0 amide bonds. The first-order valence-corrected chi connectivity index (χ1v) is 2.80. The maximum Gasteiger partial charge on any atom is 0.338 e. The van der Waals surface area contributed by atoms with Gasteiger partial charge in [-0.3, -0.25) is 4.79 Å². The number of hydrogen-bond donors (Lipinski definition) is 3. The summed E-state index contributed by atoms with van der Waals surface area (Å²) in [5.74, 6) is -3.10. The fourth-order valence-electron chi connectivity index (χ4n) is 0.425. The first-order valence-electron chi connectivity index (χ1n) is 2.80. The molecule has 0 unspecified atom stereocenters. The van der Waals surface area contributed by atoms with Crippen molar-refractivity contribution in [3.05, 3.63) is 0 Å². The van der Waals surface area contributed by atoms with Crippen LogP contribution in [0.3, 0.4) is 0 Å². The van der Waals surface area contributed by atoms with E-state index in [1.165, 1.54) is 0 Å². The van der Waals surface area contributed by atoms with E-state index < -0.39 is 30.6 Å². The Morgan fingerprint density at radius 2 is 1.82 bits per heavy atom. The monoisotopic (exact) mass is 165 g/mol. The molecule has 0 saturated heterocycles. The minimum atomic E-state index is -2.21. The predicted molar refractivity (Wildman–Crippen MR) is 32.8 cm³/mol. The van der Waals surface area contributed by atoms with Gasteiger partial charge in [0.15, 0.2) is 6.17 Å². The Balaban J connectivity index is 3.84. The highest BCUT2D eigenvalue weighted by molar-refractivity contribution is 5.76. The Hall–Kier alpha value is -1.17. The fraction of sp³-hybridized carbons (Fsp3) is 0.600. The zero-order chi connectivity index (χ0) is 9.02. The van der Waals surface area contributed by atoms with Crippen LogP contribution in [0.5, 0.6) is 0 Å².